The largest absolute Gasteiger partial charge is 0.373 e. The molecule has 1 aromatic carbocycles. The molecule has 2 nitrogen and oxygen atoms in total. The number of Topliss-reactive ketones (excluding diaryl/α,β-unsaturated/α-hetero) is 1. The lowest BCUT2D eigenvalue weighted by molar-refractivity contribution is -0.118. The van der Waals surface area contributed by atoms with E-state index in [0.29, 0.717) is 25.2 Å². The van der Waals surface area contributed by atoms with E-state index in [9.17, 15) is 4.79 Å². The van der Waals surface area contributed by atoms with Gasteiger partial charge >= 0.3 is 0 Å². The summed E-state index contributed by atoms with van der Waals surface area (Å²) < 4.78 is 5.76. The molecule has 1 unspecified atom stereocenters. The van der Waals surface area contributed by atoms with Crippen LogP contribution in [0.1, 0.15) is 50.2 Å². The maximum absolute atomic E-state index is 11.1. The van der Waals surface area contributed by atoms with E-state index in [1.807, 2.05) is 0 Å². The molecule has 1 atom stereocenters. The molecule has 18 heavy (non-hydrogen) atoms. The van der Waals surface area contributed by atoms with Gasteiger partial charge in [0.2, 0.25) is 0 Å². The van der Waals surface area contributed by atoms with Crippen LogP contribution in [-0.2, 0) is 22.6 Å². The standard InChI is InChI=1S/C16H22O2/c1-2-3-4-13-5-7-14(8-6-13)12-18-16-10-9-15(17)11-16/h5-8,16H,2-4,9-12H2,1H3. The van der Waals surface area contributed by atoms with Crippen molar-refractivity contribution in [2.75, 3.05) is 0 Å². The highest BCUT2D eigenvalue weighted by Crippen LogP contribution is 2.19. The van der Waals surface area contributed by atoms with E-state index in [0.717, 1.165) is 12.8 Å². The normalized spacial score (nSPS) is 19.4. The zero-order valence-corrected chi connectivity index (χ0v) is 11.2. The van der Waals surface area contributed by atoms with E-state index in [-0.39, 0.29) is 6.10 Å². The fraction of sp³-hybridized carbons (Fsp3) is 0.562. The third-order valence-corrected chi connectivity index (χ3v) is 3.53. The summed E-state index contributed by atoms with van der Waals surface area (Å²) in [6.07, 6.45) is 6.00. The van der Waals surface area contributed by atoms with Crippen molar-refractivity contribution >= 4 is 5.78 Å². The maximum Gasteiger partial charge on any atom is 0.135 e. The molecule has 2 rings (SSSR count). The first-order valence-corrected chi connectivity index (χ1v) is 6.99. The Morgan fingerprint density at radius 1 is 1.22 bits per heavy atom. The Balaban J connectivity index is 1.77. The number of ether oxygens (including phenoxy) is 1. The lowest BCUT2D eigenvalue weighted by atomic mass is 10.1. The highest BCUT2D eigenvalue weighted by Gasteiger charge is 2.22. The zero-order valence-electron chi connectivity index (χ0n) is 11.2. The van der Waals surface area contributed by atoms with Crippen LogP contribution in [0, 0.1) is 0 Å². The molecule has 0 saturated heterocycles. The van der Waals surface area contributed by atoms with Crippen molar-refractivity contribution in [3.05, 3.63) is 35.4 Å². The number of unbranched alkanes of at least 4 members (excludes halogenated alkanes) is 1. The summed E-state index contributed by atoms with van der Waals surface area (Å²) in [7, 11) is 0. The molecular weight excluding hydrogens is 224 g/mol. The highest BCUT2D eigenvalue weighted by atomic mass is 16.5. The summed E-state index contributed by atoms with van der Waals surface area (Å²) in [4.78, 5) is 11.1. The van der Waals surface area contributed by atoms with Crippen molar-refractivity contribution in [3.8, 4) is 0 Å². The summed E-state index contributed by atoms with van der Waals surface area (Å²) in [5.41, 5.74) is 2.60. The molecule has 0 heterocycles. The number of rotatable bonds is 6. The molecule has 0 aromatic heterocycles. The van der Waals surface area contributed by atoms with Crippen LogP contribution in [0.3, 0.4) is 0 Å². The van der Waals surface area contributed by atoms with Gasteiger partial charge in [0.05, 0.1) is 12.7 Å². The van der Waals surface area contributed by atoms with Gasteiger partial charge in [-0.2, -0.15) is 0 Å². The van der Waals surface area contributed by atoms with Crippen LogP contribution in [0.25, 0.3) is 0 Å². The summed E-state index contributed by atoms with van der Waals surface area (Å²) in [6, 6.07) is 8.66. The highest BCUT2D eigenvalue weighted by molar-refractivity contribution is 5.81. The quantitative estimate of drug-likeness (QED) is 0.765. The molecular formula is C16H22O2. The second-order valence-corrected chi connectivity index (χ2v) is 5.13. The molecule has 0 spiro atoms. The van der Waals surface area contributed by atoms with Gasteiger partial charge in [-0.15, -0.1) is 0 Å². The van der Waals surface area contributed by atoms with Crippen LogP contribution in [0.2, 0.25) is 0 Å². The van der Waals surface area contributed by atoms with Gasteiger partial charge in [-0.05, 0) is 30.4 Å². The van der Waals surface area contributed by atoms with E-state index >= 15 is 0 Å². The number of aryl methyl sites for hydroxylation is 1. The third-order valence-electron chi connectivity index (χ3n) is 3.53. The van der Waals surface area contributed by atoms with Crippen molar-refractivity contribution in [2.45, 2.75) is 58.2 Å². The van der Waals surface area contributed by atoms with Crippen LogP contribution in [0.4, 0.5) is 0 Å². The summed E-state index contributed by atoms with van der Waals surface area (Å²) in [6.45, 7) is 2.84. The van der Waals surface area contributed by atoms with Crippen LogP contribution in [0.15, 0.2) is 24.3 Å². The third kappa shape index (κ3) is 3.95. The minimum absolute atomic E-state index is 0.150. The van der Waals surface area contributed by atoms with Gasteiger partial charge < -0.3 is 4.74 Å². The fourth-order valence-electron chi connectivity index (χ4n) is 2.32. The van der Waals surface area contributed by atoms with Gasteiger partial charge in [0, 0.05) is 12.8 Å². The molecule has 98 valence electrons. The molecule has 1 aromatic rings. The molecule has 0 aliphatic heterocycles. The van der Waals surface area contributed by atoms with Crippen molar-refractivity contribution in [2.24, 2.45) is 0 Å². The molecule has 1 saturated carbocycles. The second kappa shape index (κ2) is 6.69. The fourth-order valence-corrected chi connectivity index (χ4v) is 2.32. The predicted octanol–water partition coefficient (Wildman–Crippen LogP) is 3.67. The van der Waals surface area contributed by atoms with Gasteiger partial charge in [0.15, 0.2) is 0 Å². The number of carbonyl (C=O) groups is 1. The van der Waals surface area contributed by atoms with Crippen LogP contribution in [0.5, 0.6) is 0 Å². The number of hydrogen-bond acceptors (Lipinski definition) is 2. The molecule has 0 bridgehead atoms. The minimum Gasteiger partial charge on any atom is -0.373 e. The Morgan fingerprint density at radius 2 is 1.94 bits per heavy atom. The first kappa shape index (κ1) is 13.3. The average molecular weight is 246 g/mol. The average Bonchev–Trinajstić information content (AvgIpc) is 2.81. The topological polar surface area (TPSA) is 26.3 Å². The van der Waals surface area contributed by atoms with E-state index in [4.69, 9.17) is 4.74 Å². The molecule has 1 aliphatic carbocycles. The summed E-state index contributed by atoms with van der Waals surface area (Å²) in [5, 5.41) is 0. The van der Waals surface area contributed by atoms with Gasteiger partial charge in [-0.3, -0.25) is 4.79 Å². The van der Waals surface area contributed by atoms with Crippen molar-refractivity contribution in [3.63, 3.8) is 0 Å². The lowest BCUT2D eigenvalue weighted by Gasteiger charge is -2.10. The number of benzene rings is 1. The number of hydrogen-bond donors (Lipinski definition) is 0. The van der Waals surface area contributed by atoms with Gasteiger partial charge in [-0.1, -0.05) is 37.6 Å². The molecule has 1 fully saturated rings. The van der Waals surface area contributed by atoms with Crippen LogP contribution in [-0.4, -0.2) is 11.9 Å². The van der Waals surface area contributed by atoms with Crippen LogP contribution < -0.4 is 0 Å². The Morgan fingerprint density at radius 3 is 2.56 bits per heavy atom. The first-order chi connectivity index (χ1) is 8.78. The SMILES string of the molecule is CCCCc1ccc(COC2CCC(=O)C2)cc1. The van der Waals surface area contributed by atoms with E-state index < -0.39 is 0 Å². The summed E-state index contributed by atoms with van der Waals surface area (Å²) >= 11 is 0. The molecule has 0 radical (unpaired) electrons. The first-order valence-electron chi connectivity index (χ1n) is 6.99. The van der Waals surface area contributed by atoms with Gasteiger partial charge in [0.25, 0.3) is 0 Å². The lowest BCUT2D eigenvalue weighted by Crippen LogP contribution is -2.08. The predicted molar refractivity (Wildman–Crippen MR) is 72.5 cm³/mol. The van der Waals surface area contributed by atoms with Crippen molar-refractivity contribution < 1.29 is 9.53 Å². The van der Waals surface area contributed by atoms with Gasteiger partial charge in [-0.25, -0.2) is 0 Å². The Kier molecular flexibility index (Phi) is 4.94. The number of carbonyl (C=O) groups excluding carboxylic acids is 1. The molecule has 2 heteroatoms. The second-order valence-electron chi connectivity index (χ2n) is 5.13. The number of ketones is 1. The molecule has 0 amide bonds. The van der Waals surface area contributed by atoms with E-state index in [1.165, 1.54) is 24.0 Å². The van der Waals surface area contributed by atoms with E-state index in [1.54, 1.807) is 0 Å². The Bertz CT molecular complexity index is 381. The summed E-state index contributed by atoms with van der Waals surface area (Å²) in [5.74, 6) is 0.343. The minimum atomic E-state index is 0.150. The van der Waals surface area contributed by atoms with Crippen LogP contribution >= 0.6 is 0 Å². The zero-order chi connectivity index (χ0) is 12.8. The van der Waals surface area contributed by atoms with Crippen molar-refractivity contribution in [1.29, 1.82) is 0 Å². The smallest absolute Gasteiger partial charge is 0.135 e. The Labute approximate surface area is 109 Å². The molecule has 0 N–H and O–H groups in total. The van der Waals surface area contributed by atoms with E-state index in [2.05, 4.69) is 31.2 Å². The van der Waals surface area contributed by atoms with Gasteiger partial charge in [0.1, 0.15) is 5.78 Å². The Hall–Kier alpha value is -1.15. The monoisotopic (exact) mass is 246 g/mol. The van der Waals surface area contributed by atoms with Crippen molar-refractivity contribution in [1.82, 2.24) is 0 Å². The molecule has 1 aliphatic rings. The maximum atomic E-state index is 11.1.